The summed E-state index contributed by atoms with van der Waals surface area (Å²) in [7, 11) is 0. The van der Waals surface area contributed by atoms with Gasteiger partial charge in [-0.1, -0.05) is 6.07 Å². The third kappa shape index (κ3) is 4.24. The number of hydrogen-bond donors (Lipinski definition) is 2. The predicted molar refractivity (Wildman–Crippen MR) is 76.0 cm³/mol. The summed E-state index contributed by atoms with van der Waals surface area (Å²) in [6.45, 7) is 1.87. The van der Waals surface area contributed by atoms with Gasteiger partial charge in [-0.3, -0.25) is 9.59 Å². The summed E-state index contributed by atoms with van der Waals surface area (Å²) in [5, 5.41) is 7.53. The second kappa shape index (κ2) is 6.91. The van der Waals surface area contributed by atoms with Crippen LogP contribution < -0.4 is 10.6 Å². The molecule has 0 aliphatic rings. The van der Waals surface area contributed by atoms with Crippen LogP contribution in [0.5, 0.6) is 0 Å². The van der Waals surface area contributed by atoms with Gasteiger partial charge in [0.2, 0.25) is 11.8 Å². The number of rotatable bonds is 6. The lowest BCUT2D eigenvalue weighted by Gasteiger charge is -2.16. The Morgan fingerprint density at radius 3 is 2.85 bits per heavy atom. The van der Waals surface area contributed by atoms with Crippen molar-refractivity contribution in [3.63, 3.8) is 0 Å². The van der Waals surface area contributed by atoms with E-state index in [0.29, 0.717) is 6.54 Å². The average Bonchev–Trinajstić information content (AvgIpc) is 3.08. The largest absolute Gasteiger partial charge is 0.472 e. The van der Waals surface area contributed by atoms with Crippen LogP contribution >= 0.6 is 11.3 Å². The molecule has 0 saturated heterocycles. The second-order valence-corrected chi connectivity index (χ2v) is 5.36. The van der Waals surface area contributed by atoms with Crippen molar-refractivity contribution in [2.24, 2.45) is 0 Å². The topological polar surface area (TPSA) is 71.3 Å². The summed E-state index contributed by atoms with van der Waals surface area (Å²) in [5.74, 6) is -0.260. The summed E-state index contributed by atoms with van der Waals surface area (Å²) < 4.78 is 4.93. The molecule has 2 aromatic heterocycles. The van der Waals surface area contributed by atoms with Gasteiger partial charge in [0.25, 0.3) is 0 Å². The minimum Gasteiger partial charge on any atom is -0.472 e. The molecule has 0 bridgehead atoms. The first-order chi connectivity index (χ1) is 9.65. The first-order valence-electron chi connectivity index (χ1n) is 6.23. The Hall–Kier alpha value is -2.08. The number of furan rings is 1. The molecule has 20 heavy (non-hydrogen) atoms. The van der Waals surface area contributed by atoms with Crippen LogP contribution in [-0.2, 0) is 16.1 Å². The average molecular weight is 292 g/mol. The molecule has 2 N–H and O–H groups in total. The lowest BCUT2D eigenvalue weighted by Crippen LogP contribution is -2.31. The van der Waals surface area contributed by atoms with E-state index in [4.69, 9.17) is 4.42 Å². The lowest BCUT2D eigenvalue weighted by atomic mass is 10.1. The van der Waals surface area contributed by atoms with E-state index in [1.165, 1.54) is 18.3 Å². The van der Waals surface area contributed by atoms with E-state index in [9.17, 15) is 9.59 Å². The minimum absolute atomic E-state index is 0.113. The van der Waals surface area contributed by atoms with Crippen LogP contribution in [0.2, 0.25) is 0 Å². The van der Waals surface area contributed by atoms with Gasteiger partial charge >= 0.3 is 0 Å². The number of hydrogen-bond acceptors (Lipinski definition) is 4. The molecule has 2 heterocycles. The van der Waals surface area contributed by atoms with E-state index in [0.717, 1.165) is 10.4 Å². The molecule has 2 rings (SSSR count). The van der Waals surface area contributed by atoms with E-state index >= 15 is 0 Å². The zero-order valence-corrected chi connectivity index (χ0v) is 11.9. The molecule has 0 saturated carbocycles. The molecule has 0 aliphatic carbocycles. The Morgan fingerprint density at radius 1 is 1.40 bits per heavy atom. The van der Waals surface area contributed by atoms with E-state index < -0.39 is 0 Å². The van der Waals surface area contributed by atoms with Gasteiger partial charge in [0.15, 0.2) is 0 Å². The van der Waals surface area contributed by atoms with Gasteiger partial charge in [0.05, 0.1) is 25.0 Å². The summed E-state index contributed by atoms with van der Waals surface area (Å²) in [5.41, 5.74) is 0.908. The zero-order valence-electron chi connectivity index (χ0n) is 11.1. The van der Waals surface area contributed by atoms with Crippen molar-refractivity contribution in [3.8, 4) is 0 Å². The molecule has 0 radical (unpaired) electrons. The van der Waals surface area contributed by atoms with Gasteiger partial charge in [-0.15, -0.1) is 11.3 Å². The fourth-order valence-corrected chi connectivity index (χ4v) is 2.59. The third-order valence-electron chi connectivity index (χ3n) is 2.72. The van der Waals surface area contributed by atoms with Crippen molar-refractivity contribution in [3.05, 3.63) is 46.5 Å². The van der Waals surface area contributed by atoms with Gasteiger partial charge in [0.1, 0.15) is 0 Å². The maximum atomic E-state index is 11.9. The number of carbonyl (C=O) groups is 2. The number of thiophene rings is 1. The molecule has 106 valence electrons. The quantitative estimate of drug-likeness (QED) is 0.857. The fraction of sp³-hybridized carbons (Fsp3) is 0.286. The lowest BCUT2D eigenvalue weighted by molar-refractivity contribution is -0.122. The van der Waals surface area contributed by atoms with Crippen molar-refractivity contribution in [1.82, 2.24) is 10.6 Å². The molecule has 6 heteroatoms. The van der Waals surface area contributed by atoms with E-state index in [1.54, 1.807) is 18.6 Å². The van der Waals surface area contributed by atoms with Crippen LogP contribution in [0.4, 0.5) is 0 Å². The Bertz CT molecular complexity index is 549. The third-order valence-corrected chi connectivity index (χ3v) is 3.71. The molecular weight excluding hydrogens is 276 g/mol. The highest BCUT2D eigenvalue weighted by Gasteiger charge is 2.17. The standard InChI is InChI=1S/C14H16N2O3S/c1-10(17)16-12(13-3-2-6-20-13)7-14(18)15-8-11-4-5-19-9-11/h2-6,9,12H,7-8H2,1H3,(H,15,18)(H,16,17). The van der Waals surface area contributed by atoms with Crippen LogP contribution in [0.1, 0.15) is 29.8 Å². The Morgan fingerprint density at radius 2 is 2.25 bits per heavy atom. The molecule has 1 unspecified atom stereocenters. The Kier molecular flexibility index (Phi) is 4.95. The second-order valence-electron chi connectivity index (χ2n) is 4.38. The molecule has 0 aliphatic heterocycles. The summed E-state index contributed by atoms with van der Waals surface area (Å²) in [6, 6.07) is 5.33. The summed E-state index contributed by atoms with van der Waals surface area (Å²) >= 11 is 1.52. The van der Waals surface area contributed by atoms with Crippen LogP contribution in [0, 0.1) is 0 Å². The van der Waals surface area contributed by atoms with Crippen molar-refractivity contribution in [2.45, 2.75) is 25.9 Å². The van der Waals surface area contributed by atoms with Crippen molar-refractivity contribution in [1.29, 1.82) is 0 Å². The van der Waals surface area contributed by atoms with Gasteiger partial charge in [-0.25, -0.2) is 0 Å². The summed E-state index contributed by atoms with van der Waals surface area (Å²) in [4.78, 5) is 24.1. The first-order valence-corrected chi connectivity index (χ1v) is 7.11. The fourth-order valence-electron chi connectivity index (χ4n) is 1.81. The van der Waals surface area contributed by atoms with Crippen LogP contribution in [0.3, 0.4) is 0 Å². The molecule has 2 aromatic rings. The Balaban J connectivity index is 1.90. The number of amides is 2. The Labute approximate surface area is 121 Å². The zero-order chi connectivity index (χ0) is 14.4. The number of nitrogens with one attached hydrogen (secondary N) is 2. The van der Waals surface area contributed by atoms with Crippen molar-refractivity contribution < 1.29 is 14.0 Å². The van der Waals surface area contributed by atoms with Gasteiger partial charge in [0, 0.05) is 23.9 Å². The van der Waals surface area contributed by atoms with E-state index in [1.807, 2.05) is 17.5 Å². The highest BCUT2D eigenvalue weighted by atomic mass is 32.1. The molecule has 0 fully saturated rings. The smallest absolute Gasteiger partial charge is 0.222 e. The molecule has 5 nitrogen and oxygen atoms in total. The van der Waals surface area contributed by atoms with Gasteiger partial charge < -0.3 is 15.1 Å². The van der Waals surface area contributed by atoms with Gasteiger partial charge in [-0.2, -0.15) is 0 Å². The summed E-state index contributed by atoms with van der Waals surface area (Å²) in [6.07, 6.45) is 3.37. The van der Waals surface area contributed by atoms with Crippen LogP contribution in [0.15, 0.2) is 40.5 Å². The maximum Gasteiger partial charge on any atom is 0.222 e. The van der Waals surface area contributed by atoms with Crippen molar-refractivity contribution in [2.75, 3.05) is 0 Å². The van der Waals surface area contributed by atoms with Gasteiger partial charge in [-0.05, 0) is 17.5 Å². The highest BCUT2D eigenvalue weighted by molar-refractivity contribution is 7.10. The SMILES string of the molecule is CC(=O)NC(CC(=O)NCc1ccoc1)c1cccs1. The molecule has 0 spiro atoms. The van der Waals surface area contributed by atoms with Crippen molar-refractivity contribution >= 4 is 23.2 Å². The first kappa shape index (κ1) is 14.3. The molecule has 1 atom stereocenters. The maximum absolute atomic E-state index is 11.9. The van der Waals surface area contributed by atoms with Crippen LogP contribution in [0.25, 0.3) is 0 Å². The molecular formula is C14H16N2O3S. The highest BCUT2D eigenvalue weighted by Crippen LogP contribution is 2.21. The van der Waals surface area contributed by atoms with E-state index in [2.05, 4.69) is 10.6 Å². The van der Waals surface area contributed by atoms with Crippen LogP contribution in [-0.4, -0.2) is 11.8 Å². The molecule has 2 amide bonds. The number of carbonyl (C=O) groups excluding carboxylic acids is 2. The predicted octanol–water partition coefficient (Wildman–Crippen LogP) is 2.22. The monoisotopic (exact) mass is 292 g/mol. The van der Waals surface area contributed by atoms with E-state index in [-0.39, 0.29) is 24.3 Å². The normalized spacial score (nSPS) is 11.8. The molecule has 0 aromatic carbocycles. The minimum atomic E-state index is -0.281.